The first kappa shape index (κ1) is 22.7. The maximum Gasteiger partial charge on any atom is 0.251 e. The van der Waals surface area contributed by atoms with Gasteiger partial charge in [0.15, 0.2) is 5.16 Å². The molecule has 3 rings (SSSR count). The van der Waals surface area contributed by atoms with Gasteiger partial charge in [0.2, 0.25) is 0 Å². The number of nitrogens with one attached hydrogen (secondary N) is 1. The van der Waals surface area contributed by atoms with Gasteiger partial charge in [0, 0.05) is 55.8 Å². The summed E-state index contributed by atoms with van der Waals surface area (Å²) >= 11 is 1.58. The van der Waals surface area contributed by atoms with Crippen LogP contribution in [0.3, 0.4) is 0 Å². The van der Waals surface area contributed by atoms with E-state index in [1.54, 1.807) is 24.2 Å². The van der Waals surface area contributed by atoms with Crippen molar-refractivity contribution in [1.82, 2.24) is 20.3 Å². The molecule has 0 atom stereocenters. The van der Waals surface area contributed by atoms with E-state index in [0.717, 1.165) is 27.8 Å². The molecule has 0 bridgehead atoms. The number of carbonyl (C=O) groups excluding carboxylic acids is 1. The molecule has 0 saturated carbocycles. The standard InChI is InChI=1S/C24H29N5OS/c1-24(2,3)20-13-21(29(4)5)28-23(27-20)31-16-17-8-6-10-19(12-17)22(30)26-15-18-9-7-11-25-14-18/h6-14H,15-16H2,1-5H3,(H,26,30). The Balaban J connectivity index is 1.68. The summed E-state index contributed by atoms with van der Waals surface area (Å²) in [6, 6.07) is 13.5. The molecular weight excluding hydrogens is 406 g/mol. The molecule has 2 heterocycles. The lowest BCUT2D eigenvalue weighted by Crippen LogP contribution is -2.22. The zero-order valence-corrected chi connectivity index (χ0v) is 19.5. The van der Waals surface area contributed by atoms with Gasteiger partial charge in [-0.05, 0) is 29.3 Å². The highest BCUT2D eigenvalue weighted by Crippen LogP contribution is 2.28. The topological polar surface area (TPSA) is 71.0 Å². The number of rotatable bonds is 7. The molecule has 6 nitrogen and oxygen atoms in total. The highest BCUT2D eigenvalue weighted by molar-refractivity contribution is 7.98. The van der Waals surface area contributed by atoms with Crippen molar-refractivity contribution in [1.29, 1.82) is 0 Å². The van der Waals surface area contributed by atoms with Gasteiger partial charge < -0.3 is 10.2 Å². The molecule has 1 N–H and O–H groups in total. The number of hydrogen-bond acceptors (Lipinski definition) is 6. The molecule has 1 amide bonds. The maximum absolute atomic E-state index is 12.6. The van der Waals surface area contributed by atoms with Crippen LogP contribution in [0.15, 0.2) is 60.0 Å². The molecule has 1 aromatic carbocycles. The summed E-state index contributed by atoms with van der Waals surface area (Å²) in [6.45, 7) is 6.90. The second kappa shape index (κ2) is 9.92. The summed E-state index contributed by atoms with van der Waals surface area (Å²) in [5, 5.41) is 3.68. The molecule has 0 unspecified atom stereocenters. The normalized spacial score (nSPS) is 11.3. The van der Waals surface area contributed by atoms with Crippen LogP contribution in [0.1, 0.15) is 48.0 Å². The average molecular weight is 436 g/mol. The third-order valence-corrected chi connectivity index (χ3v) is 5.57. The Kier molecular flexibility index (Phi) is 7.28. The predicted octanol–water partition coefficient (Wildman–Crippen LogP) is 4.46. The van der Waals surface area contributed by atoms with Gasteiger partial charge in [-0.25, -0.2) is 9.97 Å². The van der Waals surface area contributed by atoms with E-state index in [4.69, 9.17) is 4.98 Å². The molecule has 7 heteroatoms. The molecule has 0 aliphatic carbocycles. The molecule has 0 saturated heterocycles. The maximum atomic E-state index is 12.6. The Morgan fingerprint density at radius 1 is 1.06 bits per heavy atom. The Hall–Kier alpha value is -2.93. The summed E-state index contributed by atoms with van der Waals surface area (Å²) in [4.78, 5) is 28.1. The summed E-state index contributed by atoms with van der Waals surface area (Å²) in [6.07, 6.45) is 3.47. The molecule has 3 aromatic rings. The van der Waals surface area contributed by atoms with Crippen molar-refractivity contribution in [2.75, 3.05) is 19.0 Å². The van der Waals surface area contributed by atoms with E-state index in [0.29, 0.717) is 17.9 Å². The van der Waals surface area contributed by atoms with Crippen molar-refractivity contribution in [2.24, 2.45) is 0 Å². The second-order valence-electron chi connectivity index (χ2n) is 8.57. The first-order chi connectivity index (χ1) is 14.7. The minimum atomic E-state index is -0.100. The van der Waals surface area contributed by atoms with Crippen molar-refractivity contribution >= 4 is 23.5 Å². The fourth-order valence-corrected chi connectivity index (χ4v) is 3.62. The van der Waals surface area contributed by atoms with Gasteiger partial charge in [0.05, 0.1) is 5.69 Å². The molecular formula is C24H29N5OS. The van der Waals surface area contributed by atoms with Crippen molar-refractivity contribution < 1.29 is 4.79 Å². The lowest BCUT2D eigenvalue weighted by Gasteiger charge is -2.21. The molecule has 31 heavy (non-hydrogen) atoms. The number of amides is 1. The van der Waals surface area contributed by atoms with Crippen LogP contribution >= 0.6 is 11.8 Å². The monoisotopic (exact) mass is 435 g/mol. The Morgan fingerprint density at radius 2 is 1.84 bits per heavy atom. The highest BCUT2D eigenvalue weighted by atomic mass is 32.2. The molecule has 0 aliphatic rings. The Bertz CT molecular complexity index is 1030. The van der Waals surface area contributed by atoms with Gasteiger partial charge in [0.25, 0.3) is 5.91 Å². The van der Waals surface area contributed by atoms with Gasteiger partial charge in [0.1, 0.15) is 5.82 Å². The van der Waals surface area contributed by atoms with Gasteiger partial charge in [-0.15, -0.1) is 0 Å². The number of nitrogens with zero attached hydrogens (tertiary/aromatic N) is 4. The zero-order valence-electron chi connectivity index (χ0n) is 18.7. The van der Waals surface area contributed by atoms with E-state index in [9.17, 15) is 4.79 Å². The highest BCUT2D eigenvalue weighted by Gasteiger charge is 2.19. The number of carbonyl (C=O) groups is 1. The lowest BCUT2D eigenvalue weighted by atomic mass is 9.92. The van der Waals surface area contributed by atoms with Crippen LogP contribution in [0.5, 0.6) is 0 Å². The smallest absolute Gasteiger partial charge is 0.251 e. The van der Waals surface area contributed by atoms with Gasteiger partial charge in [-0.1, -0.05) is 50.7 Å². The van der Waals surface area contributed by atoms with Gasteiger partial charge in [-0.2, -0.15) is 0 Å². The number of hydrogen-bond donors (Lipinski definition) is 1. The summed E-state index contributed by atoms with van der Waals surface area (Å²) in [5.74, 6) is 1.48. The average Bonchev–Trinajstić information content (AvgIpc) is 2.76. The number of thioether (sulfide) groups is 1. The molecule has 162 valence electrons. The Morgan fingerprint density at radius 3 is 2.52 bits per heavy atom. The number of aromatic nitrogens is 3. The van der Waals surface area contributed by atoms with E-state index >= 15 is 0 Å². The van der Waals surface area contributed by atoms with E-state index in [1.807, 2.05) is 61.5 Å². The third-order valence-electron chi connectivity index (χ3n) is 4.65. The summed E-state index contributed by atoms with van der Waals surface area (Å²) in [7, 11) is 3.97. The summed E-state index contributed by atoms with van der Waals surface area (Å²) < 4.78 is 0. The van der Waals surface area contributed by atoms with E-state index in [2.05, 4.69) is 36.1 Å². The molecule has 0 fully saturated rings. The summed E-state index contributed by atoms with van der Waals surface area (Å²) in [5.41, 5.74) is 3.61. The van der Waals surface area contributed by atoms with Crippen LogP contribution in [0.2, 0.25) is 0 Å². The van der Waals surface area contributed by atoms with Crippen LogP contribution in [0.4, 0.5) is 5.82 Å². The number of benzene rings is 1. The molecule has 0 aliphatic heterocycles. The van der Waals surface area contributed by atoms with Crippen molar-refractivity contribution in [3.8, 4) is 0 Å². The fraction of sp³-hybridized carbons (Fsp3) is 0.333. The Labute approximate surface area is 188 Å². The first-order valence-corrected chi connectivity index (χ1v) is 11.2. The third kappa shape index (κ3) is 6.52. The molecule has 0 radical (unpaired) electrons. The van der Waals surface area contributed by atoms with E-state index < -0.39 is 0 Å². The largest absolute Gasteiger partial charge is 0.363 e. The predicted molar refractivity (Wildman–Crippen MR) is 126 cm³/mol. The number of pyridine rings is 1. The quantitative estimate of drug-likeness (QED) is 0.436. The molecule has 0 spiro atoms. The van der Waals surface area contributed by atoms with Crippen molar-refractivity contribution in [2.45, 2.75) is 43.6 Å². The van der Waals surface area contributed by atoms with Gasteiger partial charge >= 0.3 is 0 Å². The van der Waals surface area contributed by atoms with Crippen LogP contribution in [-0.4, -0.2) is 35.0 Å². The second-order valence-corrected chi connectivity index (χ2v) is 9.51. The van der Waals surface area contributed by atoms with Crippen molar-refractivity contribution in [3.05, 3.63) is 77.2 Å². The number of anilines is 1. The van der Waals surface area contributed by atoms with E-state index in [-0.39, 0.29) is 11.3 Å². The molecule has 2 aromatic heterocycles. The van der Waals surface area contributed by atoms with Gasteiger partial charge in [-0.3, -0.25) is 9.78 Å². The lowest BCUT2D eigenvalue weighted by molar-refractivity contribution is 0.0951. The SMILES string of the molecule is CN(C)c1cc(C(C)(C)C)nc(SCc2cccc(C(=O)NCc3cccnc3)c2)n1. The first-order valence-electron chi connectivity index (χ1n) is 10.2. The van der Waals surface area contributed by atoms with Crippen LogP contribution in [0.25, 0.3) is 0 Å². The zero-order chi connectivity index (χ0) is 22.4. The fourth-order valence-electron chi connectivity index (χ4n) is 2.83. The van der Waals surface area contributed by atoms with Crippen LogP contribution < -0.4 is 10.2 Å². The van der Waals surface area contributed by atoms with E-state index in [1.165, 1.54) is 0 Å². The van der Waals surface area contributed by atoms with Crippen LogP contribution in [-0.2, 0) is 17.7 Å². The van der Waals surface area contributed by atoms with Crippen LogP contribution in [0, 0.1) is 0 Å². The minimum absolute atomic E-state index is 0.0602. The van der Waals surface area contributed by atoms with Crippen molar-refractivity contribution in [3.63, 3.8) is 0 Å². The minimum Gasteiger partial charge on any atom is -0.363 e.